The molecular weight excluding hydrogens is 338 g/mol. The Kier molecular flexibility index (Phi) is 3.81. The molecule has 5 rings (SSSR count). The first-order chi connectivity index (χ1) is 13.2. The predicted molar refractivity (Wildman–Crippen MR) is 104 cm³/mol. The Morgan fingerprint density at radius 1 is 1.15 bits per heavy atom. The maximum atomic E-state index is 13.3. The predicted octanol–water partition coefficient (Wildman–Crippen LogP) is 3.26. The van der Waals surface area contributed by atoms with Crippen LogP contribution in [0.1, 0.15) is 46.7 Å². The minimum Gasteiger partial charge on any atom is -0.335 e. The van der Waals surface area contributed by atoms with Gasteiger partial charge in [-0.1, -0.05) is 24.3 Å². The molecule has 1 fully saturated rings. The van der Waals surface area contributed by atoms with Gasteiger partial charge >= 0.3 is 0 Å². The summed E-state index contributed by atoms with van der Waals surface area (Å²) in [6, 6.07) is 14.3. The van der Waals surface area contributed by atoms with Crippen LogP contribution in [0.2, 0.25) is 0 Å². The number of piperidine rings is 1. The van der Waals surface area contributed by atoms with Gasteiger partial charge in [-0.05, 0) is 55.0 Å². The van der Waals surface area contributed by atoms with Crippen LogP contribution < -0.4 is 5.56 Å². The van der Waals surface area contributed by atoms with Gasteiger partial charge in [-0.3, -0.25) is 9.59 Å². The molecule has 136 valence electrons. The monoisotopic (exact) mass is 359 g/mol. The van der Waals surface area contributed by atoms with Gasteiger partial charge in [0.05, 0.1) is 17.2 Å². The number of H-pyrrole nitrogens is 1. The van der Waals surface area contributed by atoms with E-state index in [2.05, 4.69) is 39.1 Å². The number of aromatic nitrogens is 2. The number of amides is 1. The highest BCUT2D eigenvalue weighted by atomic mass is 16.2. The molecule has 0 saturated carbocycles. The highest BCUT2D eigenvalue weighted by Gasteiger charge is 2.38. The van der Waals surface area contributed by atoms with Crippen molar-refractivity contribution < 1.29 is 4.79 Å². The van der Waals surface area contributed by atoms with Gasteiger partial charge in [-0.2, -0.15) is 0 Å². The highest BCUT2D eigenvalue weighted by molar-refractivity contribution is 5.97. The average Bonchev–Trinajstić information content (AvgIpc) is 2.72. The molecule has 2 atom stereocenters. The lowest BCUT2D eigenvalue weighted by atomic mass is 9.74. The fourth-order valence-corrected chi connectivity index (χ4v) is 4.79. The Morgan fingerprint density at radius 3 is 2.96 bits per heavy atom. The van der Waals surface area contributed by atoms with Crippen molar-refractivity contribution in [2.24, 2.45) is 0 Å². The summed E-state index contributed by atoms with van der Waals surface area (Å²) in [5.74, 6) is 0.501. The topological polar surface area (TPSA) is 66.1 Å². The van der Waals surface area contributed by atoms with E-state index >= 15 is 0 Å². The van der Waals surface area contributed by atoms with Crippen LogP contribution in [0.3, 0.4) is 0 Å². The summed E-state index contributed by atoms with van der Waals surface area (Å²) in [4.78, 5) is 33.7. The van der Waals surface area contributed by atoms with E-state index in [-0.39, 0.29) is 17.5 Å². The van der Waals surface area contributed by atoms with Crippen LogP contribution in [0.25, 0.3) is 11.0 Å². The molecule has 5 nitrogen and oxygen atoms in total. The molecule has 2 aliphatic rings. The van der Waals surface area contributed by atoms with Gasteiger partial charge in [-0.25, -0.2) is 4.98 Å². The number of fused-ring (bicyclic) bond motifs is 4. The fraction of sp³-hybridized carbons (Fsp3) is 0.318. The first-order valence-electron chi connectivity index (χ1n) is 9.58. The van der Waals surface area contributed by atoms with Crippen LogP contribution in [0, 0.1) is 0 Å². The number of aromatic amines is 1. The van der Waals surface area contributed by atoms with Gasteiger partial charge in [0.25, 0.3) is 11.5 Å². The number of carbonyl (C=O) groups is 1. The van der Waals surface area contributed by atoms with E-state index < -0.39 is 0 Å². The maximum Gasteiger partial charge on any atom is 0.266 e. The Balaban J connectivity index is 1.48. The summed E-state index contributed by atoms with van der Waals surface area (Å²) >= 11 is 0. The number of nitrogens with zero attached hydrogens (tertiary/aromatic N) is 2. The van der Waals surface area contributed by atoms with E-state index in [0.717, 1.165) is 32.2 Å². The quantitative estimate of drug-likeness (QED) is 0.725. The number of hydrogen-bond acceptors (Lipinski definition) is 3. The summed E-state index contributed by atoms with van der Waals surface area (Å²) in [6.45, 7) is 0.805. The molecule has 1 aliphatic carbocycles. The minimum absolute atomic E-state index is 0.0685. The van der Waals surface area contributed by atoms with Gasteiger partial charge in [0.1, 0.15) is 0 Å². The standard InChI is InChI=1S/C22H21N3O2/c26-21-13-23-19-12-15(7-9-18(19)24-21)22(27)25-11-3-6-17-16-5-2-1-4-14(16)8-10-20(17)25/h1-2,4-5,7,9,12-13,17,20H,3,6,8,10-11H2,(H,24,26)/t17-,20+/m1/s1. The smallest absolute Gasteiger partial charge is 0.266 e. The minimum atomic E-state index is -0.235. The van der Waals surface area contributed by atoms with Gasteiger partial charge in [0, 0.05) is 24.1 Å². The van der Waals surface area contributed by atoms with E-state index in [1.54, 1.807) is 18.2 Å². The summed E-state index contributed by atoms with van der Waals surface area (Å²) in [5.41, 5.74) is 4.56. The summed E-state index contributed by atoms with van der Waals surface area (Å²) < 4.78 is 0. The molecule has 0 radical (unpaired) electrons. The van der Waals surface area contributed by atoms with Crippen molar-refractivity contribution in [3.05, 3.63) is 75.7 Å². The number of rotatable bonds is 1. The molecule has 1 aliphatic heterocycles. The third-order valence-electron chi connectivity index (χ3n) is 6.03. The van der Waals surface area contributed by atoms with Crippen LogP contribution in [-0.2, 0) is 6.42 Å². The van der Waals surface area contributed by atoms with Crippen molar-refractivity contribution in [3.8, 4) is 0 Å². The van der Waals surface area contributed by atoms with Gasteiger partial charge < -0.3 is 9.88 Å². The second-order valence-corrected chi connectivity index (χ2v) is 7.53. The van der Waals surface area contributed by atoms with E-state index in [1.165, 1.54) is 17.3 Å². The zero-order valence-electron chi connectivity index (χ0n) is 15.0. The molecule has 5 heteroatoms. The van der Waals surface area contributed by atoms with Crippen LogP contribution in [0.5, 0.6) is 0 Å². The van der Waals surface area contributed by atoms with Crippen molar-refractivity contribution in [3.63, 3.8) is 0 Å². The number of hydrogen-bond donors (Lipinski definition) is 1. The summed E-state index contributed by atoms with van der Waals surface area (Å²) in [5, 5.41) is 0. The van der Waals surface area contributed by atoms with E-state index in [1.807, 2.05) is 0 Å². The second kappa shape index (κ2) is 6.34. The number of aryl methyl sites for hydroxylation is 1. The lowest BCUT2D eigenvalue weighted by Crippen LogP contribution is -2.49. The summed E-state index contributed by atoms with van der Waals surface area (Å²) in [6.07, 6.45) is 5.48. The van der Waals surface area contributed by atoms with Crippen molar-refractivity contribution >= 4 is 16.9 Å². The number of nitrogens with one attached hydrogen (secondary N) is 1. The van der Waals surface area contributed by atoms with Gasteiger partial charge in [0.15, 0.2) is 0 Å². The molecule has 1 saturated heterocycles. The lowest BCUT2D eigenvalue weighted by molar-refractivity contribution is 0.0547. The van der Waals surface area contributed by atoms with Crippen molar-refractivity contribution in [1.29, 1.82) is 0 Å². The SMILES string of the molecule is O=C(c1ccc2[nH]c(=O)cnc2c1)N1CCC[C@@H]2c3ccccc3CC[C@@H]21. The third-order valence-corrected chi connectivity index (χ3v) is 6.03. The largest absolute Gasteiger partial charge is 0.335 e. The Labute approximate surface area is 157 Å². The molecular formula is C22H21N3O2. The van der Waals surface area contributed by atoms with E-state index in [0.29, 0.717) is 22.5 Å². The van der Waals surface area contributed by atoms with Crippen LogP contribution >= 0.6 is 0 Å². The molecule has 0 unspecified atom stereocenters. The zero-order valence-corrected chi connectivity index (χ0v) is 15.0. The lowest BCUT2D eigenvalue weighted by Gasteiger charge is -2.45. The normalized spacial score (nSPS) is 21.6. The molecule has 2 heterocycles. The molecule has 0 bridgehead atoms. The molecule has 0 spiro atoms. The Hall–Kier alpha value is -2.95. The molecule has 2 aromatic carbocycles. The van der Waals surface area contributed by atoms with Crippen molar-refractivity contribution in [2.45, 2.75) is 37.6 Å². The van der Waals surface area contributed by atoms with E-state index in [4.69, 9.17) is 0 Å². The first-order valence-corrected chi connectivity index (χ1v) is 9.58. The van der Waals surface area contributed by atoms with Crippen molar-refractivity contribution in [1.82, 2.24) is 14.9 Å². The Bertz CT molecular complexity index is 1090. The zero-order chi connectivity index (χ0) is 18.4. The second-order valence-electron chi connectivity index (χ2n) is 7.53. The molecule has 1 aromatic heterocycles. The third kappa shape index (κ3) is 2.74. The van der Waals surface area contributed by atoms with Gasteiger partial charge in [-0.15, -0.1) is 0 Å². The number of carbonyl (C=O) groups excluding carboxylic acids is 1. The van der Waals surface area contributed by atoms with Crippen molar-refractivity contribution in [2.75, 3.05) is 6.54 Å². The number of benzene rings is 2. The maximum absolute atomic E-state index is 13.3. The molecule has 1 N–H and O–H groups in total. The molecule has 1 amide bonds. The van der Waals surface area contributed by atoms with Crippen LogP contribution in [-0.4, -0.2) is 33.4 Å². The fourth-order valence-electron chi connectivity index (χ4n) is 4.79. The molecule has 3 aromatic rings. The van der Waals surface area contributed by atoms with Gasteiger partial charge in [0.2, 0.25) is 0 Å². The Morgan fingerprint density at radius 2 is 2.04 bits per heavy atom. The average molecular weight is 359 g/mol. The first kappa shape index (κ1) is 16.2. The van der Waals surface area contributed by atoms with Crippen LogP contribution in [0.4, 0.5) is 0 Å². The summed E-state index contributed by atoms with van der Waals surface area (Å²) in [7, 11) is 0. The molecule has 27 heavy (non-hydrogen) atoms. The van der Waals surface area contributed by atoms with Crippen LogP contribution in [0.15, 0.2) is 53.5 Å². The highest BCUT2D eigenvalue weighted by Crippen LogP contribution is 2.41. The van der Waals surface area contributed by atoms with E-state index in [9.17, 15) is 9.59 Å². The number of likely N-dealkylation sites (tertiary alicyclic amines) is 1.